The lowest BCUT2D eigenvalue weighted by molar-refractivity contribution is -0.109. The monoisotopic (exact) mass is 165 g/mol. The van der Waals surface area contributed by atoms with Gasteiger partial charge in [0.25, 0.3) is 0 Å². The van der Waals surface area contributed by atoms with Gasteiger partial charge >= 0.3 is 0 Å². The van der Waals surface area contributed by atoms with Crippen LogP contribution in [0.15, 0.2) is 29.4 Å². The van der Waals surface area contributed by atoms with Crippen molar-refractivity contribution in [2.24, 2.45) is 5.18 Å². The highest BCUT2D eigenvalue weighted by atomic mass is 16.5. The summed E-state index contributed by atoms with van der Waals surface area (Å²) in [7, 11) is 0. The fourth-order valence-electron chi connectivity index (χ4n) is 0.733. The molecule has 0 aliphatic carbocycles. The van der Waals surface area contributed by atoms with Crippen LogP contribution in [0.2, 0.25) is 0 Å². The number of rotatable bonds is 4. The van der Waals surface area contributed by atoms with Crippen molar-refractivity contribution in [3.8, 4) is 5.75 Å². The molecule has 0 heterocycles. The molecule has 0 bridgehead atoms. The summed E-state index contributed by atoms with van der Waals surface area (Å²) in [5.41, 5.74) is 0.341. The Bertz CT molecular complexity index is 268. The maximum Gasteiger partial charge on any atom is 0.157 e. The molecule has 1 aromatic carbocycles. The molecule has 1 aromatic rings. The number of hydrogen-bond donors (Lipinski definition) is 0. The van der Waals surface area contributed by atoms with Gasteiger partial charge in [-0.3, -0.25) is 4.79 Å². The number of carbonyl (C=O) groups excluding carboxylic acids is 1. The van der Waals surface area contributed by atoms with Gasteiger partial charge in [-0.1, -0.05) is 0 Å². The second kappa shape index (κ2) is 4.23. The van der Waals surface area contributed by atoms with E-state index in [1.807, 2.05) is 0 Å². The summed E-state index contributed by atoms with van der Waals surface area (Å²) in [5, 5.41) is 2.72. The van der Waals surface area contributed by atoms with Crippen molar-refractivity contribution in [2.45, 2.75) is 0 Å². The molecule has 0 N–H and O–H groups in total. The minimum Gasteiger partial charge on any atom is -0.486 e. The molecule has 62 valence electrons. The van der Waals surface area contributed by atoms with Crippen molar-refractivity contribution in [2.75, 3.05) is 6.61 Å². The average Bonchev–Trinajstić information content (AvgIpc) is 2.15. The van der Waals surface area contributed by atoms with E-state index in [1.54, 1.807) is 12.1 Å². The predicted molar refractivity (Wildman–Crippen MR) is 43.5 cm³/mol. The van der Waals surface area contributed by atoms with Crippen LogP contribution >= 0.6 is 0 Å². The SMILES string of the molecule is O=CCOc1ccc(N=O)cc1. The average molecular weight is 165 g/mol. The lowest BCUT2D eigenvalue weighted by Crippen LogP contribution is -1.96. The van der Waals surface area contributed by atoms with Crippen LogP contribution in [0, 0.1) is 4.91 Å². The van der Waals surface area contributed by atoms with Gasteiger partial charge in [0, 0.05) is 0 Å². The number of nitroso groups, excluding NO2 is 1. The van der Waals surface area contributed by atoms with Crippen molar-refractivity contribution in [1.82, 2.24) is 0 Å². The minimum atomic E-state index is 0.0217. The predicted octanol–water partition coefficient (Wildman–Crippen LogP) is 1.66. The van der Waals surface area contributed by atoms with E-state index in [2.05, 4.69) is 5.18 Å². The van der Waals surface area contributed by atoms with Crippen molar-refractivity contribution < 1.29 is 9.53 Å². The van der Waals surface area contributed by atoms with Gasteiger partial charge in [0.2, 0.25) is 0 Å². The molecule has 0 fully saturated rings. The molecule has 0 aromatic heterocycles. The maximum atomic E-state index is 9.98. The zero-order valence-electron chi connectivity index (χ0n) is 6.27. The number of nitrogens with zero attached hydrogens (tertiary/aromatic N) is 1. The Morgan fingerprint density at radius 2 is 2.00 bits per heavy atom. The summed E-state index contributed by atoms with van der Waals surface area (Å²) in [4.78, 5) is 19.9. The highest BCUT2D eigenvalue weighted by molar-refractivity contribution is 5.51. The lowest BCUT2D eigenvalue weighted by Gasteiger charge is -1.99. The number of benzene rings is 1. The Labute approximate surface area is 69.1 Å². The zero-order valence-corrected chi connectivity index (χ0v) is 6.27. The Morgan fingerprint density at radius 3 is 2.50 bits per heavy atom. The first-order valence-corrected chi connectivity index (χ1v) is 3.36. The number of carbonyl (C=O) groups is 1. The van der Waals surface area contributed by atoms with Crippen molar-refractivity contribution in [1.29, 1.82) is 0 Å². The second-order valence-corrected chi connectivity index (χ2v) is 2.06. The molecule has 1 rings (SSSR count). The van der Waals surface area contributed by atoms with Gasteiger partial charge in [-0.2, -0.15) is 0 Å². The molecular weight excluding hydrogens is 158 g/mol. The van der Waals surface area contributed by atoms with Crippen LogP contribution in [-0.4, -0.2) is 12.9 Å². The van der Waals surface area contributed by atoms with Crippen molar-refractivity contribution in [3.63, 3.8) is 0 Å². The van der Waals surface area contributed by atoms with E-state index < -0.39 is 0 Å². The van der Waals surface area contributed by atoms with Crippen LogP contribution in [0.25, 0.3) is 0 Å². The summed E-state index contributed by atoms with van der Waals surface area (Å²) in [6.07, 6.45) is 0.659. The molecule has 0 saturated heterocycles. The summed E-state index contributed by atoms with van der Waals surface area (Å²) >= 11 is 0. The summed E-state index contributed by atoms with van der Waals surface area (Å²) in [5.74, 6) is 0.550. The normalized spacial score (nSPS) is 9.00. The third-order valence-corrected chi connectivity index (χ3v) is 1.26. The van der Waals surface area contributed by atoms with Gasteiger partial charge in [0.15, 0.2) is 6.29 Å². The molecule has 4 nitrogen and oxygen atoms in total. The van der Waals surface area contributed by atoms with E-state index >= 15 is 0 Å². The first kappa shape index (κ1) is 8.39. The van der Waals surface area contributed by atoms with Gasteiger partial charge in [0.05, 0.1) is 0 Å². The standard InChI is InChI=1S/C8H7NO3/c10-5-6-12-8-3-1-7(9-11)2-4-8/h1-5H,6H2. The first-order valence-electron chi connectivity index (χ1n) is 3.36. The molecule has 12 heavy (non-hydrogen) atoms. The molecule has 0 radical (unpaired) electrons. The Kier molecular flexibility index (Phi) is 2.95. The van der Waals surface area contributed by atoms with Crippen LogP contribution in [0.3, 0.4) is 0 Å². The summed E-state index contributed by atoms with van der Waals surface area (Å²) < 4.78 is 4.94. The van der Waals surface area contributed by atoms with Crippen molar-refractivity contribution >= 4 is 12.0 Å². The van der Waals surface area contributed by atoms with E-state index in [4.69, 9.17) is 4.74 Å². The number of hydrogen-bond acceptors (Lipinski definition) is 4. The largest absolute Gasteiger partial charge is 0.486 e. The van der Waals surface area contributed by atoms with Gasteiger partial charge < -0.3 is 4.74 Å². The molecular formula is C8H7NO3. The van der Waals surface area contributed by atoms with Gasteiger partial charge in [0.1, 0.15) is 18.0 Å². The Hall–Kier alpha value is -1.71. The second-order valence-electron chi connectivity index (χ2n) is 2.06. The van der Waals surface area contributed by atoms with E-state index in [1.165, 1.54) is 12.1 Å². The number of aldehydes is 1. The highest BCUT2D eigenvalue weighted by Gasteiger charge is 1.93. The minimum absolute atomic E-state index is 0.0217. The Morgan fingerprint density at radius 1 is 1.33 bits per heavy atom. The van der Waals surface area contributed by atoms with Gasteiger partial charge in [-0.15, -0.1) is 4.91 Å². The van der Waals surface area contributed by atoms with Crippen LogP contribution in [-0.2, 0) is 4.79 Å². The maximum absolute atomic E-state index is 9.98. The third kappa shape index (κ3) is 2.16. The lowest BCUT2D eigenvalue weighted by atomic mass is 10.3. The van der Waals surface area contributed by atoms with Gasteiger partial charge in [-0.05, 0) is 29.4 Å². The highest BCUT2D eigenvalue weighted by Crippen LogP contribution is 2.16. The van der Waals surface area contributed by atoms with E-state index in [-0.39, 0.29) is 6.61 Å². The van der Waals surface area contributed by atoms with E-state index in [0.717, 1.165) is 0 Å². The van der Waals surface area contributed by atoms with Crippen molar-refractivity contribution in [3.05, 3.63) is 29.2 Å². The topological polar surface area (TPSA) is 55.7 Å². The van der Waals surface area contributed by atoms with Crippen LogP contribution in [0.1, 0.15) is 0 Å². The smallest absolute Gasteiger partial charge is 0.157 e. The third-order valence-electron chi connectivity index (χ3n) is 1.26. The molecule has 0 aliphatic rings. The molecule has 0 unspecified atom stereocenters. The van der Waals surface area contributed by atoms with Crippen LogP contribution in [0.4, 0.5) is 5.69 Å². The Balaban J connectivity index is 2.64. The van der Waals surface area contributed by atoms with Crippen LogP contribution < -0.4 is 4.74 Å². The first-order chi connectivity index (χ1) is 5.86. The fourth-order valence-corrected chi connectivity index (χ4v) is 0.733. The molecule has 0 aliphatic heterocycles. The summed E-state index contributed by atoms with van der Waals surface area (Å²) in [6.45, 7) is 0.0217. The molecule has 0 saturated carbocycles. The molecule has 4 heteroatoms. The van der Waals surface area contributed by atoms with Crippen LogP contribution in [0.5, 0.6) is 5.75 Å². The zero-order chi connectivity index (χ0) is 8.81. The van der Waals surface area contributed by atoms with E-state index in [0.29, 0.717) is 17.7 Å². The van der Waals surface area contributed by atoms with E-state index in [9.17, 15) is 9.70 Å². The number of ether oxygens (including phenoxy) is 1. The molecule has 0 spiro atoms. The summed E-state index contributed by atoms with van der Waals surface area (Å²) in [6, 6.07) is 6.21. The fraction of sp³-hybridized carbons (Fsp3) is 0.125. The quantitative estimate of drug-likeness (QED) is 0.503. The molecule has 0 amide bonds. The molecule has 0 atom stereocenters. The van der Waals surface area contributed by atoms with Gasteiger partial charge in [-0.25, -0.2) is 0 Å².